The summed E-state index contributed by atoms with van der Waals surface area (Å²) in [5.41, 5.74) is 4.57. The van der Waals surface area contributed by atoms with Crippen molar-refractivity contribution in [2.75, 3.05) is 5.75 Å². The standard InChI is InChI=1S/C14H18S/c1-14(2,3)13-6-4-11(5-7-13)12-8-9-15-10-12/h4-7,10H,8-9H2,1-3H3. The van der Waals surface area contributed by atoms with Gasteiger partial charge < -0.3 is 0 Å². The van der Waals surface area contributed by atoms with Gasteiger partial charge in [0.2, 0.25) is 0 Å². The van der Waals surface area contributed by atoms with Crippen LogP contribution in [-0.2, 0) is 5.41 Å². The molecule has 1 heterocycles. The third-order valence-electron chi connectivity index (χ3n) is 2.84. The summed E-state index contributed by atoms with van der Waals surface area (Å²) in [6, 6.07) is 9.05. The van der Waals surface area contributed by atoms with Crippen molar-refractivity contribution < 1.29 is 0 Å². The molecule has 0 saturated carbocycles. The first kappa shape index (κ1) is 10.8. The monoisotopic (exact) mass is 218 g/mol. The molecule has 0 fully saturated rings. The molecule has 0 unspecified atom stereocenters. The second-order valence-electron chi connectivity index (χ2n) is 5.09. The average Bonchev–Trinajstić information content (AvgIpc) is 2.69. The first-order valence-corrected chi connectivity index (χ1v) is 6.54. The highest BCUT2D eigenvalue weighted by molar-refractivity contribution is 8.02. The molecule has 2 rings (SSSR count). The van der Waals surface area contributed by atoms with Crippen LogP contribution in [0.25, 0.3) is 5.57 Å². The molecule has 80 valence electrons. The highest BCUT2D eigenvalue weighted by Gasteiger charge is 2.14. The van der Waals surface area contributed by atoms with E-state index in [0.29, 0.717) is 0 Å². The van der Waals surface area contributed by atoms with Gasteiger partial charge in [-0.15, -0.1) is 11.8 Å². The van der Waals surface area contributed by atoms with Crippen molar-refractivity contribution in [3.8, 4) is 0 Å². The van der Waals surface area contributed by atoms with Gasteiger partial charge in [0, 0.05) is 5.75 Å². The summed E-state index contributed by atoms with van der Waals surface area (Å²) in [5, 5.41) is 2.30. The van der Waals surface area contributed by atoms with Crippen molar-refractivity contribution in [3.05, 3.63) is 40.8 Å². The third kappa shape index (κ3) is 2.46. The maximum Gasteiger partial charge on any atom is 0.00151 e. The molecule has 0 aromatic heterocycles. The quantitative estimate of drug-likeness (QED) is 0.670. The highest BCUT2D eigenvalue weighted by atomic mass is 32.2. The Labute approximate surface area is 96.8 Å². The normalized spacial score (nSPS) is 16.6. The minimum Gasteiger partial charge on any atom is -0.133 e. The maximum absolute atomic E-state index is 2.30. The van der Waals surface area contributed by atoms with Crippen LogP contribution in [0.5, 0.6) is 0 Å². The van der Waals surface area contributed by atoms with Crippen molar-refractivity contribution in [2.24, 2.45) is 0 Å². The second-order valence-corrected chi connectivity index (χ2v) is 6.07. The first-order valence-electron chi connectivity index (χ1n) is 5.49. The second kappa shape index (κ2) is 4.05. The van der Waals surface area contributed by atoms with Gasteiger partial charge in [-0.25, -0.2) is 0 Å². The van der Waals surface area contributed by atoms with Crippen molar-refractivity contribution in [3.63, 3.8) is 0 Å². The van der Waals surface area contributed by atoms with Gasteiger partial charge >= 0.3 is 0 Å². The summed E-state index contributed by atoms with van der Waals surface area (Å²) in [6.45, 7) is 6.77. The van der Waals surface area contributed by atoms with Gasteiger partial charge in [0.05, 0.1) is 0 Å². The molecule has 0 N–H and O–H groups in total. The summed E-state index contributed by atoms with van der Waals surface area (Å²) >= 11 is 1.92. The molecule has 1 aromatic carbocycles. The molecule has 0 nitrogen and oxygen atoms in total. The zero-order valence-electron chi connectivity index (χ0n) is 9.71. The Hall–Kier alpha value is -0.690. The minimum absolute atomic E-state index is 0.261. The smallest absolute Gasteiger partial charge is 0.00151 e. The van der Waals surface area contributed by atoms with Crippen LogP contribution in [0.4, 0.5) is 0 Å². The molecule has 0 amide bonds. The fraction of sp³-hybridized carbons (Fsp3) is 0.429. The molecule has 0 saturated heterocycles. The summed E-state index contributed by atoms with van der Waals surface area (Å²) in [4.78, 5) is 0. The highest BCUT2D eigenvalue weighted by Crippen LogP contribution is 2.31. The van der Waals surface area contributed by atoms with Crippen molar-refractivity contribution >= 4 is 17.3 Å². The number of thioether (sulfide) groups is 1. The predicted molar refractivity (Wildman–Crippen MR) is 70.2 cm³/mol. The van der Waals surface area contributed by atoms with E-state index in [-0.39, 0.29) is 5.41 Å². The lowest BCUT2D eigenvalue weighted by atomic mass is 9.86. The predicted octanol–water partition coefficient (Wildman–Crippen LogP) is 4.46. The average molecular weight is 218 g/mol. The van der Waals surface area contributed by atoms with E-state index < -0.39 is 0 Å². The Bertz CT molecular complexity index is 365. The largest absolute Gasteiger partial charge is 0.133 e. The lowest BCUT2D eigenvalue weighted by Crippen LogP contribution is -2.10. The fourth-order valence-corrected chi connectivity index (χ4v) is 2.69. The molecule has 1 heteroatoms. The zero-order chi connectivity index (χ0) is 10.9. The SMILES string of the molecule is CC(C)(C)c1ccc(C2=CSCC2)cc1. The lowest BCUT2D eigenvalue weighted by molar-refractivity contribution is 0.590. The Morgan fingerprint density at radius 3 is 2.20 bits per heavy atom. The number of rotatable bonds is 1. The number of hydrogen-bond acceptors (Lipinski definition) is 1. The van der Waals surface area contributed by atoms with Crippen molar-refractivity contribution in [1.82, 2.24) is 0 Å². The Morgan fingerprint density at radius 2 is 1.73 bits per heavy atom. The lowest BCUT2D eigenvalue weighted by Gasteiger charge is -2.19. The molecular formula is C14H18S. The van der Waals surface area contributed by atoms with Crippen LogP contribution in [0.2, 0.25) is 0 Å². The summed E-state index contributed by atoms with van der Waals surface area (Å²) in [6.07, 6.45) is 1.22. The van der Waals surface area contributed by atoms with Gasteiger partial charge in [-0.05, 0) is 33.9 Å². The molecule has 0 bridgehead atoms. The molecular weight excluding hydrogens is 200 g/mol. The first-order chi connectivity index (χ1) is 7.07. The molecule has 0 spiro atoms. The number of benzene rings is 1. The van der Waals surface area contributed by atoms with Crippen LogP contribution in [0.1, 0.15) is 38.3 Å². The summed E-state index contributed by atoms with van der Waals surface area (Å²) in [7, 11) is 0. The van der Waals surface area contributed by atoms with E-state index in [0.717, 1.165) is 0 Å². The van der Waals surface area contributed by atoms with Gasteiger partial charge in [0.1, 0.15) is 0 Å². The number of hydrogen-bond donors (Lipinski definition) is 0. The fourth-order valence-electron chi connectivity index (χ4n) is 1.78. The maximum atomic E-state index is 2.30. The van der Waals surface area contributed by atoms with E-state index in [9.17, 15) is 0 Å². The van der Waals surface area contributed by atoms with Crippen LogP contribution in [0.15, 0.2) is 29.7 Å². The van der Waals surface area contributed by atoms with Gasteiger partial charge in [-0.3, -0.25) is 0 Å². The van der Waals surface area contributed by atoms with Gasteiger partial charge in [0.15, 0.2) is 0 Å². The Balaban J connectivity index is 2.24. The Morgan fingerprint density at radius 1 is 1.07 bits per heavy atom. The van der Waals surface area contributed by atoms with Crippen LogP contribution < -0.4 is 0 Å². The molecule has 1 aliphatic heterocycles. The third-order valence-corrected chi connectivity index (χ3v) is 3.73. The van der Waals surface area contributed by atoms with E-state index in [4.69, 9.17) is 0 Å². The van der Waals surface area contributed by atoms with E-state index in [1.165, 1.54) is 28.9 Å². The minimum atomic E-state index is 0.261. The van der Waals surface area contributed by atoms with E-state index >= 15 is 0 Å². The molecule has 15 heavy (non-hydrogen) atoms. The molecule has 0 atom stereocenters. The van der Waals surface area contributed by atoms with Crippen LogP contribution in [0.3, 0.4) is 0 Å². The van der Waals surface area contributed by atoms with Crippen LogP contribution in [-0.4, -0.2) is 5.75 Å². The van der Waals surface area contributed by atoms with Crippen LogP contribution >= 0.6 is 11.8 Å². The molecule has 0 radical (unpaired) electrons. The molecule has 1 aromatic rings. The summed E-state index contributed by atoms with van der Waals surface area (Å²) < 4.78 is 0. The topological polar surface area (TPSA) is 0 Å². The van der Waals surface area contributed by atoms with E-state index in [1.807, 2.05) is 11.8 Å². The van der Waals surface area contributed by atoms with Crippen LogP contribution in [0, 0.1) is 0 Å². The zero-order valence-corrected chi connectivity index (χ0v) is 10.5. The van der Waals surface area contributed by atoms with Gasteiger partial charge in [-0.1, -0.05) is 45.0 Å². The van der Waals surface area contributed by atoms with Gasteiger partial charge in [-0.2, -0.15) is 0 Å². The van der Waals surface area contributed by atoms with Gasteiger partial charge in [0.25, 0.3) is 0 Å². The van der Waals surface area contributed by atoms with E-state index in [2.05, 4.69) is 50.4 Å². The van der Waals surface area contributed by atoms with Crippen molar-refractivity contribution in [1.29, 1.82) is 0 Å². The number of allylic oxidation sites excluding steroid dienone is 1. The Kier molecular flexibility index (Phi) is 2.92. The summed E-state index contributed by atoms with van der Waals surface area (Å²) in [5.74, 6) is 1.25. The van der Waals surface area contributed by atoms with Crippen molar-refractivity contribution in [2.45, 2.75) is 32.6 Å². The molecule has 1 aliphatic rings. The molecule has 0 aliphatic carbocycles. The van der Waals surface area contributed by atoms with E-state index in [1.54, 1.807) is 0 Å².